The quantitative estimate of drug-likeness (QED) is 0.759. The lowest BCUT2D eigenvalue weighted by Gasteiger charge is -2.24. The van der Waals surface area contributed by atoms with E-state index < -0.39 is 0 Å². The van der Waals surface area contributed by atoms with E-state index >= 15 is 0 Å². The molecule has 1 N–H and O–H groups in total. The van der Waals surface area contributed by atoms with E-state index in [1.54, 1.807) is 14.2 Å². The van der Waals surface area contributed by atoms with E-state index in [1.165, 1.54) is 0 Å². The number of nitrogens with one attached hydrogen (secondary N) is 1. The van der Waals surface area contributed by atoms with Gasteiger partial charge in [-0.3, -0.25) is 4.79 Å². The van der Waals surface area contributed by atoms with Gasteiger partial charge in [0, 0.05) is 29.2 Å². The predicted octanol–water partition coefficient (Wildman–Crippen LogP) is 4.35. The van der Waals surface area contributed by atoms with Crippen molar-refractivity contribution < 1.29 is 23.8 Å². The second-order valence-electron chi connectivity index (χ2n) is 7.93. The van der Waals surface area contributed by atoms with Crippen LogP contribution in [0.3, 0.4) is 0 Å². The largest absolute Gasteiger partial charge is 0.497 e. The molecule has 29 heavy (non-hydrogen) atoms. The third-order valence-corrected chi connectivity index (χ3v) is 6.15. The van der Waals surface area contributed by atoms with Crippen LogP contribution in [-0.2, 0) is 11.2 Å². The average molecular weight is 397 g/mol. The molecule has 0 bridgehead atoms. The Hall–Kier alpha value is -2.76. The average Bonchev–Trinajstić information content (AvgIpc) is 3.35. The summed E-state index contributed by atoms with van der Waals surface area (Å²) in [4.78, 5) is 28.9. The third-order valence-electron chi connectivity index (χ3n) is 6.15. The van der Waals surface area contributed by atoms with Crippen LogP contribution in [-0.4, -0.2) is 37.1 Å². The molecule has 1 aromatic carbocycles. The number of H-pyrrole nitrogens is 1. The molecule has 154 valence electrons. The van der Waals surface area contributed by atoms with Crippen molar-refractivity contribution in [3.63, 3.8) is 0 Å². The van der Waals surface area contributed by atoms with Crippen LogP contribution in [0, 0.1) is 6.92 Å². The smallest absolute Gasteiger partial charge is 0.355 e. The third kappa shape index (κ3) is 3.63. The number of benzene rings is 1. The van der Waals surface area contributed by atoms with Crippen LogP contribution >= 0.6 is 0 Å². The molecular formula is C23H27NO5. The van der Waals surface area contributed by atoms with Gasteiger partial charge in [-0.05, 0) is 62.8 Å². The van der Waals surface area contributed by atoms with Gasteiger partial charge in [0.15, 0.2) is 5.78 Å². The molecule has 0 aliphatic heterocycles. The number of Topliss-reactive ketones (excluding diaryl/α,β-unsaturated/α-hetero) is 1. The lowest BCUT2D eigenvalue weighted by molar-refractivity contribution is 0.0310. The van der Waals surface area contributed by atoms with Gasteiger partial charge in [-0.2, -0.15) is 0 Å². The van der Waals surface area contributed by atoms with Gasteiger partial charge in [-0.25, -0.2) is 4.79 Å². The molecule has 0 amide bonds. The first-order valence-electron chi connectivity index (χ1n) is 10.2. The van der Waals surface area contributed by atoms with E-state index in [1.807, 2.05) is 25.1 Å². The van der Waals surface area contributed by atoms with Gasteiger partial charge in [0.25, 0.3) is 0 Å². The van der Waals surface area contributed by atoms with Crippen molar-refractivity contribution in [1.82, 2.24) is 4.98 Å². The molecule has 0 spiro atoms. The Morgan fingerprint density at radius 3 is 2.55 bits per heavy atom. The standard InChI is InChI=1S/C23H27NO5/c1-13-21-18(24-22(13)23(26)29-15-6-4-5-7-15)10-14(11-19(21)25)17-12-16(27-2)8-9-20(17)28-3/h8-9,12,14-15,24H,4-7,10-11H2,1-3H3. The Bertz CT molecular complexity index is 939. The minimum Gasteiger partial charge on any atom is -0.497 e. The number of hydrogen-bond donors (Lipinski definition) is 1. The molecule has 1 aromatic heterocycles. The van der Waals surface area contributed by atoms with Crippen LogP contribution in [0.4, 0.5) is 0 Å². The molecule has 2 aliphatic carbocycles. The molecule has 1 saturated carbocycles. The fourth-order valence-corrected chi connectivity index (χ4v) is 4.63. The van der Waals surface area contributed by atoms with E-state index in [0.29, 0.717) is 29.7 Å². The molecule has 4 rings (SSSR count). The summed E-state index contributed by atoms with van der Waals surface area (Å²) >= 11 is 0. The number of methoxy groups -OCH3 is 2. The summed E-state index contributed by atoms with van der Waals surface area (Å²) in [6.45, 7) is 1.82. The highest BCUT2D eigenvalue weighted by atomic mass is 16.5. The van der Waals surface area contributed by atoms with Crippen molar-refractivity contribution in [2.75, 3.05) is 14.2 Å². The lowest BCUT2D eigenvalue weighted by atomic mass is 9.81. The van der Waals surface area contributed by atoms with Crippen LogP contribution in [0.1, 0.15) is 75.7 Å². The Morgan fingerprint density at radius 1 is 1.10 bits per heavy atom. The normalized spacial score (nSPS) is 19.1. The second kappa shape index (κ2) is 7.93. The molecule has 0 radical (unpaired) electrons. The maximum absolute atomic E-state index is 13.0. The molecule has 0 saturated heterocycles. The summed E-state index contributed by atoms with van der Waals surface area (Å²) in [5.74, 6) is 1.09. The summed E-state index contributed by atoms with van der Waals surface area (Å²) in [5.41, 5.74) is 3.49. The molecule has 6 nitrogen and oxygen atoms in total. The highest BCUT2D eigenvalue weighted by Gasteiger charge is 2.34. The van der Waals surface area contributed by atoms with Gasteiger partial charge >= 0.3 is 5.97 Å². The highest BCUT2D eigenvalue weighted by Crippen LogP contribution is 2.40. The van der Waals surface area contributed by atoms with Crippen LogP contribution < -0.4 is 9.47 Å². The molecule has 2 aromatic rings. The van der Waals surface area contributed by atoms with E-state index in [-0.39, 0.29) is 23.8 Å². The zero-order valence-electron chi connectivity index (χ0n) is 17.2. The molecule has 1 unspecified atom stereocenters. The van der Waals surface area contributed by atoms with Gasteiger partial charge < -0.3 is 19.2 Å². The van der Waals surface area contributed by atoms with Crippen molar-refractivity contribution in [2.24, 2.45) is 0 Å². The number of esters is 1. The van der Waals surface area contributed by atoms with Crippen molar-refractivity contribution in [3.05, 3.63) is 46.3 Å². The number of carbonyl (C=O) groups is 2. The predicted molar refractivity (Wildman–Crippen MR) is 108 cm³/mol. The van der Waals surface area contributed by atoms with Gasteiger partial charge in [0.05, 0.1) is 14.2 Å². The first kappa shape index (κ1) is 19.6. The lowest BCUT2D eigenvalue weighted by Crippen LogP contribution is -2.19. The van der Waals surface area contributed by atoms with E-state index in [9.17, 15) is 9.59 Å². The minimum absolute atomic E-state index is 0.00766. The summed E-state index contributed by atoms with van der Waals surface area (Å²) < 4.78 is 16.5. The number of carbonyl (C=O) groups excluding carboxylic acids is 2. The van der Waals surface area contributed by atoms with Crippen LogP contribution in [0.5, 0.6) is 11.5 Å². The minimum atomic E-state index is -0.355. The fourth-order valence-electron chi connectivity index (χ4n) is 4.63. The summed E-state index contributed by atoms with van der Waals surface area (Å²) in [7, 11) is 3.24. The van der Waals surface area contributed by atoms with Gasteiger partial charge in [-0.15, -0.1) is 0 Å². The van der Waals surface area contributed by atoms with Gasteiger partial charge in [-0.1, -0.05) is 0 Å². The van der Waals surface area contributed by atoms with E-state index in [4.69, 9.17) is 14.2 Å². The Morgan fingerprint density at radius 2 is 1.86 bits per heavy atom. The number of fused-ring (bicyclic) bond motifs is 1. The topological polar surface area (TPSA) is 77.6 Å². The number of ketones is 1. The second-order valence-corrected chi connectivity index (χ2v) is 7.93. The zero-order chi connectivity index (χ0) is 20.5. The SMILES string of the molecule is COc1ccc(OC)c(C2CC(=O)c3c([nH]c(C(=O)OC4CCCC4)c3C)C2)c1. The zero-order valence-corrected chi connectivity index (χ0v) is 17.2. The molecule has 1 atom stereocenters. The van der Waals surface area contributed by atoms with Crippen molar-refractivity contribution in [1.29, 1.82) is 0 Å². The highest BCUT2D eigenvalue weighted by molar-refractivity contribution is 6.03. The maximum atomic E-state index is 13.0. The molecule has 6 heteroatoms. The monoisotopic (exact) mass is 397 g/mol. The van der Waals surface area contributed by atoms with Gasteiger partial charge in [0.1, 0.15) is 23.3 Å². The molecular weight excluding hydrogens is 370 g/mol. The van der Waals surface area contributed by atoms with Crippen molar-refractivity contribution in [2.45, 2.75) is 57.5 Å². The Kier molecular flexibility index (Phi) is 5.35. The molecule has 1 fully saturated rings. The number of aromatic amines is 1. The number of rotatable bonds is 5. The first-order valence-corrected chi connectivity index (χ1v) is 10.2. The van der Waals surface area contributed by atoms with Crippen LogP contribution in [0.2, 0.25) is 0 Å². The van der Waals surface area contributed by atoms with Gasteiger partial charge in [0.2, 0.25) is 0 Å². The summed E-state index contributed by atoms with van der Waals surface area (Å²) in [6, 6.07) is 5.62. The van der Waals surface area contributed by atoms with Crippen LogP contribution in [0.25, 0.3) is 0 Å². The summed E-state index contributed by atoms with van der Waals surface area (Å²) in [6.07, 6.45) is 5.02. The van der Waals surface area contributed by atoms with E-state index in [2.05, 4.69) is 4.98 Å². The fraction of sp³-hybridized carbons (Fsp3) is 0.478. The first-order chi connectivity index (χ1) is 14.0. The number of aromatic nitrogens is 1. The van der Waals surface area contributed by atoms with E-state index in [0.717, 1.165) is 48.4 Å². The molecule has 2 aliphatic rings. The Labute approximate surface area is 170 Å². The number of ether oxygens (including phenoxy) is 3. The molecule has 1 heterocycles. The summed E-state index contributed by atoms with van der Waals surface area (Å²) in [5, 5.41) is 0. The maximum Gasteiger partial charge on any atom is 0.355 e. The van der Waals surface area contributed by atoms with Crippen molar-refractivity contribution in [3.8, 4) is 11.5 Å². The number of hydrogen-bond acceptors (Lipinski definition) is 5. The van der Waals surface area contributed by atoms with Crippen molar-refractivity contribution >= 4 is 11.8 Å². The Balaban J connectivity index is 1.63. The van der Waals surface area contributed by atoms with Crippen LogP contribution in [0.15, 0.2) is 18.2 Å².